The van der Waals surface area contributed by atoms with E-state index in [9.17, 15) is 5.11 Å². The van der Waals surface area contributed by atoms with E-state index in [1.807, 2.05) is 25.0 Å². The van der Waals surface area contributed by atoms with Gasteiger partial charge in [0.25, 0.3) is 0 Å². The van der Waals surface area contributed by atoms with Crippen LogP contribution in [0.2, 0.25) is 0 Å². The Labute approximate surface area is 96.9 Å². The molecule has 0 amide bonds. The van der Waals surface area contributed by atoms with Crippen LogP contribution >= 0.6 is 0 Å². The van der Waals surface area contributed by atoms with E-state index in [1.165, 1.54) is 0 Å². The van der Waals surface area contributed by atoms with Crippen molar-refractivity contribution in [1.82, 2.24) is 0 Å². The van der Waals surface area contributed by atoms with Gasteiger partial charge < -0.3 is 15.6 Å². The molecule has 0 atom stereocenters. The van der Waals surface area contributed by atoms with E-state index < -0.39 is 0 Å². The maximum absolute atomic E-state index is 9.19. The van der Waals surface area contributed by atoms with Crippen molar-refractivity contribution in [1.29, 1.82) is 0 Å². The van der Waals surface area contributed by atoms with E-state index in [1.54, 1.807) is 18.2 Å². The molecular formula is C13H19NO2. The summed E-state index contributed by atoms with van der Waals surface area (Å²) in [5.41, 5.74) is 5.84. The summed E-state index contributed by atoms with van der Waals surface area (Å²) in [4.78, 5) is 8.00. The van der Waals surface area contributed by atoms with E-state index in [-0.39, 0.29) is 0 Å². The van der Waals surface area contributed by atoms with Crippen molar-refractivity contribution in [2.24, 2.45) is 5.73 Å². The number of phenols is 1. The fourth-order valence-corrected chi connectivity index (χ4v) is 0.839. The molecule has 0 radical (unpaired) electrons. The predicted molar refractivity (Wildman–Crippen MR) is 68.4 cm³/mol. The fraction of sp³-hybridized carbons (Fsp3) is 0.154. The first-order valence-electron chi connectivity index (χ1n) is 4.73. The number of benzene rings is 1. The number of hydrogen-bond donors (Lipinski definition) is 2. The van der Waals surface area contributed by atoms with Crippen molar-refractivity contribution in [3.63, 3.8) is 0 Å². The number of carbonyl (C=O) groups is 1. The Balaban J connectivity index is 0. The summed E-state index contributed by atoms with van der Waals surface area (Å²) >= 11 is 0. The lowest BCUT2D eigenvalue weighted by atomic mass is 10.1. The first-order chi connectivity index (χ1) is 7.76. The molecule has 0 unspecified atom stereocenters. The molecule has 3 nitrogen and oxygen atoms in total. The summed E-state index contributed by atoms with van der Waals surface area (Å²) in [7, 11) is 0. The van der Waals surface area contributed by atoms with Gasteiger partial charge in [-0.1, -0.05) is 30.4 Å². The molecule has 0 aliphatic carbocycles. The van der Waals surface area contributed by atoms with Crippen molar-refractivity contribution >= 4 is 6.79 Å². The average molecular weight is 221 g/mol. The molecule has 0 saturated heterocycles. The normalized spacial score (nSPS) is 7.56. The number of para-hydroxylation sites is 1. The lowest BCUT2D eigenvalue weighted by Gasteiger charge is -1.97. The molecular weight excluding hydrogens is 202 g/mol. The van der Waals surface area contributed by atoms with Crippen LogP contribution < -0.4 is 5.73 Å². The van der Waals surface area contributed by atoms with Gasteiger partial charge in [-0.05, 0) is 18.1 Å². The molecule has 88 valence electrons. The zero-order valence-corrected chi connectivity index (χ0v) is 9.43. The third-order valence-corrected chi connectivity index (χ3v) is 1.52. The Morgan fingerprint density at radius 3 is 2.06 bits per heavy atom. The van der Waals surface area contributed by atoms with E-state index in [4.69, 9.17) is 10.5 Å². The number of rotatable bonds is 3. The molecule has 0 saturated carbocycles. The molecule has 1 aromatic carbocycles. The summed E-state index contributed by atoms with van der Waals surface area (Å²) in [6, 6.07) is 7.27. The molecule has 0 aliphatic heterocycles. The molecule has 1 rings (SSSR count). The standard InChI is InChI=1S/C9H10O.C3H7N.CH2O/c1-2-5-8-6-3-4-7-9(8)10;1-2-3-4;1-2/h2-4,6-7,10H,1,5H2;2H,1,3-4H2;1H2. The van der Waals surface area contributed by atoms with Gasteiger partial charge in [-0.25, -0.2) is 0 Å². The molecule has 0 fully saturated rings. The molecule has 1 aromatic rings. The summed E-state index contributed by atoms with van der Waals surface area (Å²) in [6.45, 7) is 9.52. The minimum Gasteiger partial charge on any atom is -0.508 e. The largest absolute Gasteiger partial charge is 0.508 e. The van der Waals surface area contributed by atoms with Crippen LogP contribution in [0, 0.1) is 0 Å². The minimum atomic E-state index is 0.349. The maximum Gasteiger partial charge on any atom is 0.119 e. The van der Waals surface area contributed by atoms with Crippen LogP contribution in [0.5, 0.6) is 5.75 Å². The number of aromatic hydroxyl groups is 1. The van der Waals surface area contributed by atoms with Crippen LogP contribution in [0.25, 0.3) is 0 Å². The molecule has 0 bridgehead atoms. The predicted octanol–water partition coefficient (Wildman–Crippen LogP) is 2.07. The second-order valence-electron chi connectivity index (χ2n) is 2.65. The van der Waals surface area contributed by atoms with Crippen molar-refractivity contribution in [3.05, 3.63) is 55.1 Å². The van der Waals surface area contributed by atoms with Gasteiger partial charge >= 0.3 is 0 Å². The molecule has 0 aromatic heterocycles. The highest BCUT2D eigenvalue weighted by atomic mass is 16.3. The van der Waals surface area contributed by atoms with Crippen LogP contribution in [-0.2, 0) is 11.2 Å². The lowest BCUT2D eigenvalue weighted by molar-refractivity contribution is -0.0979. The molecule has 3 heteroatoms. The van der Waals surface area contributed by atoms with Gasteiger partial charge in [-0.3, -0.25) is 0 Å². The van der Waals surface area contributed by atoms with Crippen LogP contribution in [0.15, 0.2) is 49.6 Å². The van der Waals surface area contributed by atoms with Crippen molar-refractivity contribution in [2.75, 3.05) is 6.54 Å². The highest BCUT2D eigenvalue weighted by Crippen LogP contribution is 2.15. The number of phenolic OH excluding ortho intramolecular Hbond substituents is 1. The lowest BCUT2D eigenvalue weighted by Crippen LogP contribution is -1.90. The SMILES string of the molecule is C=CCN.C=CCc1ccccc1O.C=O. The van der Waals surface area contributed by atoms with Crippen LogP contribution in [-0.4, -0.2) is 18.4 Å². The van der Waals surface area contributed by atoms with Gasteiger partial charge in [0.1, 0.15) is 12.5 Å². The third kappa shape index (κ3) is 8.72. The number of allylic oxidation sites excluding steroid dienone is 1. The van der Waals surface area contributed by atoms with E-state index in [0.29, 0.717) is 12.3 Å². The Hall–Kier alpha value is -1.87. The number of carbonyl (C=O) groups excluding carboxylic acids is 1. The molecule has 3 N–H and O–H groups in total. The highest BCUT2D eigenvalue weighted by Gasteiger charge is 1.93. The first-order valence-corrected chi connectivity index (χ1v) is 4.73. The highest BCUT2D eigenvalue weighted by molar-refractivity contribution is 5.32. The van der Waals surface area contributed by atoms with Gasteiger partial charge in [-0.2, -0.15) is 0 Å². The van der Waals surface area contributed by atoms with Gasteiger partial charge in [0.15, 0.2) is 0 Å². The average Bonchev–Trinajstić information content (AvgIpc) is 2.35. The van der Waals surface area contributed by atoms with Gasteiger partial charge in [0.05, 0.1) is 0 Å². The van der Waals surface area contributed by atoms with E-state index in [2.05, 4.69) is 13.2 Å². The van der Waals surface area contributed by atoms with Gasteiger partial charge in [-0.15, -0.1) is 13.2 Å². The summed E-state index contributed by atoms with van der Waals surface area (Å²) in [5, 5.41) is 9.19. The zero-order chi connectivity index (χ0) is 12.8. The van der Waals surface area contributed by atoms with Crippen molar-refractivity contribution in [3.8, 4) is 5.75 Å². The maximum atomic E-state index is 9.19. The second-order valence-corrected chi connectivity index (χ2v) is 2.65. The Bertz CT molecular complexity index is 298. The molecule has 0 heterocycles. The van der Waals surface area contributed by atoms with Gasteiger partial charge in [0, 0.05) is 6.54 Å². The molecule has 0 aliphatic rings. The van der Waals surface area contributed by atoms with E-state index >= 15 is 0 Å². The Kier molecular flexibility index (Phi) is 13.6. The topological polar surface area (TPSA) is 63.3 Å². The first kappa shape index (κ1) is 16.6. The second kappa shape index (κ2) is 13.1. The van der Waals surface area contributed by atoms with Crippen LogP contribution in [0.3, 0.4) is 0 Å². The number of hydrogen-bond acceptors (Lipinski definition) is 3. The quantitative estimate of drug-likeness (QED) is 0.768. The smallest absolute Gasteiger partial charge is 0.119 e. The van der Waals surface area contributed by atoms with Gasteiger partial charge in [0.2, 0.25) is 0 Å². The zero-order valence-electron chi connectivity index (χ0n) is 9.43. The monoisotopic (exact) mass is 221 g/mol. The summed E-state index contributed by atoms with van der Waals surface area (Å²) in [5.74, 6) is 0.349. The third-order valence-electron chi connectivity index (χ3n) is 1.52. The molecule has 16 heavy (non-hydrogen) atoms. The number of nitrogens with two attached hydrogens (primary N) is 1. The van der Waals surface area contributed by atoms with Crippen LogP contribution in [0.1, 0.15) is 5.56 Å². The van der Waals surface area contributed by atoms with Crippen molar-refractivity contribution in [2.45, 2.75) is 6.42 Å². The van der Waals surface area contributed by atoms with Crippen LogP contribution in [0.4, 0.5) is 0 Å². The minimum absolute atomic E-state index is 0.349. The Morgan fingerprint density at radius 2 is 1.69 bits per heavy atom. The molecule has 0 spiro atoms. The Morgan fingerprint density at radius 1 is 1.19 bits per heavy atom. The van der Waals surface area contributed by atoms with Crippen molar-refractivity contribution < 1.29 is 9.90 Å². The summed E-state index contributed by atoms with van der Waals surface area (Å²) < 4.78 is 0. The summed E-state index contributed by atoms with van der Waals surface area (Å²) in [6.07, 6.45) is 4.15. The fourth-order valence-electron chi connectivity index (χ4n) is 0.839. The van der Waals surface area contributed by atoms with E-state index in [0.717, 1.165) is 12.0 Å².